The number of alkyl halides is 7. The first-order valence-electron chi connectivity index (χ1n) is 2.52. The summed E-state index contributed by atoms with van der Waals surface area (Å²) in [6, 6.07) is 0. The minimum Gasteiger partial charge on any atom is -0.221 e. The van der Waals surface area contributed by atoms with Gasteiger partial charge in [0.05, 0.1) is 0 Å². The third-order valence-electron chi connectivity index (χ3n) is 1.11. The van der Waals surface area contributed by atoms with E-state index in [0.29, 0.717) is 0 Å². The second-order valence-corrected chi connectivity index (χ2v) is 2.39. The smallest absolute Gasteiger partial charge is 0.221 e. The molecule has 1 atom stereocenters. The van der Waals surface area contributed by atoms with Crippen LogP contribution in [0.25, 0.3) is 0 Å². The summed E-state index contributed by atoms with van der Waals surface area (Å²) in [4.78, 5) is 0. The van der Waals surface area contributed by atoms with Crippen molar-refractivity contribution in [2.24, 2.45) is 0 Å². The van der Waals surface area contributed by atoms with E-state index in [9.17, 15) is 26.3 Å². The van der Waals surface area contributed by atoms with E-state index in [-0.39, 0.29) is 0 Å². The van der Waals surface area contributed by atoms with Crippen molar-refractivity contribution < 1.29 is 26.3 Å². The molecule has 0 aromatic rings. The van der Waals surface area contributed by atoms with E-state index in [0.717, 1.165) is 0 Å². The Kier molecular flexibility index (Phi) is 2.74. The van der Waals surface area contributed by atoms with Crippen molar-refractivity contribution in [1.29, 1.82) is 0 Å². The maximum Gasteiger partial charge on any atom is 0.433 e. The first-order valence-corrected chi connectivity index (χ1v) is 2.90. The number of hydrogen-bond donors (Lipinski definition) is 0. The Morgan fingerprint density at radius 1 is 1.00 bits per heavy atom. The lowest BCUT2D eigenvalue weighted by Gasteiger charge is -2.27. The van der Waals surface area contributed by atoms with Crippen molar-refractivity contribution in [3.8, 4) is 0 Å². The summed E-state index contributed by atoms with van der Waals surface area (Å²) >= 11 is 3.93. The van der Waals surface area contributed by atoms with Gasteiger partial charge >= 0.3 is 17.2 Å². The van der Waals surface area contributed by atoms with Crippen LogP contribution in [0.2, 0.25) is 0 Å². The molecule has 0 spiro atoms. The summed E-state index contributed by atoms with van der Waals surface area (Å²) in [6.07, 6.45) is -6.35. The van der Waals surface area contributed by atoms with E-state index >= 15 is 0 Å². The molecule has 12 heavy (non-hydrogen) atoms. The predicted octanol–water partition coefficient (Wildman–Crippen LogP) is 3.27. The van der Waals surface area contributed by atoms with Crippen molar-refractivity contribution >= 4 is 11.6 Å². The Balaban J connectivity index is 5.09. The van der Waals surface area contributed by atoms with Crippen LogP contribution < -0.4 is 0 Å². The van der Waals surface area contributed by atoms with Crippen LogP contribution in [-0.2, 0) is 0 Å². The quantitative estimate of drug-likeness (QED) is 0.374. The summed E-state index contributed by atoms with van der Waals surface area (Å²) in [5, 5.41) is -5.05. The maximum absolute atomic E-state index is 12.4. The van der Waals surface area contributed by atoms with E-state index in [1.807, 2.05) is 0 Å². The van der Waals surface area contributed by atoms with Crippen LogP contribution in [0, 0.1) is 0 Å². The van der Waals surface area contributed by atoms with Gasteiger partial charge in [-0.15, -0.1) is 0 Å². The molecule has 0 nitrogen and oxygen atoms in total. The van der Waals surface area contributed by atoms with Crippen molar-refractivity contribution in [3.63, 3.8) is 0 Å². The predicted molar refractivity (Wildman–Crippen MR) is 30.9 cm³/mol. The average molecular weight is 213 g/mol. The lowest BCUT2D eigenvalue weighted by atomic mass is 10.1. The fourth-order valence-electron chi connectivity index (χ4n) is 0.392. The van der Waals surface area contributed by atoms with Crippen LogP contribution in [0.5, 0.6) is 0 Å². The van der Waals surface area contributed by atoms with Crippen LogP contribution in [0.1, 0.15) is 0 Å². The molecule has 0 saturated heterocycles. The molecular formula is C5H3ClF6. The summed E-state index contributed by atoms with van der Waals surface area (Å²) in [6.45, 7) is 2.31. The minimum absolute atomic E-state index is 0.569. The third-order valence-corrected chi connectivity index (χ3v) is 1.38. The molecular weight excluding hydrogens is 209 g/mol. The van der Waals surface area contributed by atoms with Crippen molar-refractivity contribution in [2.45, 2.75) is 17.2 Å². The summed E-state index contributed by atoms with van der Waals surface area (Å²) < 4.78 is 70.9. The molecule has 0 saturated carbocycles. The van der Waals surface area contributed by atoms with Crippen LogP contribution in [0.15, 0.2) is 12.7 Å². The average Bonchev–Trinajstić information content (AvgIpc) is 1.81. The molecule has 0 aliphatic rings. The highest BCUT2D eigenvalue weighted by Crippen LogP contribution is 2.48. The van der Waals surface area contributed by atoms with E-state index in [4.69, 9.17) is 0 Å². The van der Waals surface area contributed by atoms with Gasteiger partial charge in [0.1, 0.15) is 0 Å². The lowest BCUT2D eigenvalue weighted by Crippen LogP contribution is -2.50. The monoisotopic (exact) mass is 212 g/mol. The van der Waals surface area contributed by atoms with Gasteiger partial charge in [-0.25, -0.2) is 4.39 Å². The Morgan fingerprint density at radius 3 is 1.33 bits per heavy atom. The first kappa shape index (κ1) is 11.6. The molecule has 7 heteroatoms. The normalized spacial score (nSPS) is 18.6. The van der Waals surface area contributed by atoms with Crippen LogP contribution >= 0.6 is 11.6 Å². The van der Waals surface area contributed by atoms with E-state index in [1.165, 1.54) is 0 Å². The number of rotatable bonds is 2. The highest BCUT2D eigenvalue weighted by molar-refractivity contribution is 6.22. The van der Waals surface area contributed by atoms with Crippen molar-refractivity contribution in [3.05, 3.63) is 12.7 Å². The SMILES string of the molecule is C=CC(F)(C(F)(F)F)C(F)(F)Cl. The molecule has 0 aromatic heterocycles. The topological polar surface area (TPSA) is 0 Å². The molecule has 0 aromatic carbocycles. The summed E-state index contributed by atoms with van der Waals surface area (Å²) in [7, 11) is 0. The highest BCUT2D eigenvalue weighted by atomic mass is 35.5. The van der Waals surface area contributed by atoms with Gasteiger partial charge < -0.3 is 0 Å². The first-order chi connectivity index (χ1) is 5.06. The Hall–Kier alpha value is -0.390. The zero-order valence-electron chi connectivity index (χ0n) is 5.43. The summed E-state index contributed by atoms with van der Waals surface area (Å²) in [5.74, 6) is 0. The molecule has 0 amide bonds. The van der Waals surface area contributed by atoms with E-state index in [2.05, 4.69) is 18.2 Å². The maximum atomic E-state index is 12.4. The molecule has 0 bridgehead atoms. The fraction of sp³-hybridized carbons (Fsp3) is 0.600. The van der Waals surface area contributed by atoms with Crippen LogP contribution in [-0.4, -0.2) is 17.2 Å². The minimum atomic E-state index is -5.78. The molecule has 0 aliphatic carbocycles. The Bertz CT molecular complexity index is 163. The van der Waals surface area contributed by atoms with Gasteiger partial charge in [0.25, 0.3) is 0 Å². The standard InChI is InChI=1S/C5H3ClF6/c1-2-3(7,4(6,8)9)5(10,11)12/h2H,1H2. The Labute approximate surface area is 68.8 Å². The van der Waals surface area contributed by atoms with Gasteiger partial charge in [-0.05, 0) is 17.7 Å². The number of hydrogen-bond acceptors (Lipinski definition) is 0. The molecule has 0 N–H and O–H groups in total. The van der Waals surface area contributed by atoms with Gasteiger partial charge in [0.2, 0.25) is 0 Å². The van der Waals surface area contributed by atoms with Gasteiger partial charge in [0, 0.05) is 0 Å². The molecule has 0 aliphatic heterocycles. The zero-order chi connectivity index (χ0) is 10.2. The second-order valence-electron chi connectivity index (χ2n) is 1.91. The van der Waals surface area contributed by atoms with Crippen LogP contribution in [0.4, 0.5) is 26.3 Å². The van der Waals surface area contributed by atoms with Gasteiger partial charge in [0.15, 0.2) is 0 Å². The summed E-state index contributed by atoms with van der Waals surface area (Å²) in [5.41, 5.74) is -4.89. The fourth-order valence-corrected chi connectivity index (χ4v) is 0.576. The van der Waals surface area contributed by atoms with E-state index < -0.39 is 23.3 Å². The zero-order valence-corrected chi connectivity index (χ0v) is 6.19. The highest BCUT2D eigenvalue weighted by Gasteiger charge is 2.68. The number of allylic oxidation sites excluding steroid dienone is 1. The molecule has 1 unspecified atom stereocenters. The molecule has 0 radical (unpaired) electrons. The van der Waals surface area contributed by atoms with Gasteiger partial charge in [-0.3, -0.25) is 0 Å². The molecule has 0 heterocycles. The largest absolute Gasteiger partial charge is 0.433 e. The van der Waals surface area contributed by atoms with Crippen molar-refractivity contribution in [1.82, 2.24) is 0 Å². The second kappa shape index (κ2) is 2.83. The third kappa shape index (κ3) is 1.68. The lowest BCUT2D eigenvalue weighted by molar-refractivity contribution is -0.258. The molecule has 72 valence electrons. The number of halogens is 7. The van der Waals surface area contributed by atoms with Crippen LogP contribution in [0.3, 0.4) is 0 Å². The van der Waals surface area contributed by atoms with E-state index in [1.54, 1.807) is 0 Å². The van der Waals surface area contributed by atoms with Gasteiger partial charge in [-0.1, -0.05) is 6.58 Å². The molecule has 0 rings (SSSR count). The Morgan fingerprint density at radius 2 is 1.33 bits per heavy atom. The van der Waals surface area contributed by atoms with Gasteiger partial charge in [-0.2, -0.15) is 22.0 Å². The van der Waals surface area contributed by atoms with Crippen molar-refractivity contribution in [2.75, 3.05) is 0 Å². The molecule has 0 fully saturated rings.